The van der Waals surface area contributed by atoms with Crippen molar-refractivity contribution < 1.29 is 13.2 Å². The molecule has 11 nitrogen and oxygen atoms in total. The van der Waals surface area contributed by atoms with Crippen LogP contribution in [-0.4, -0.2) is 69.9 Å². The van der Waals surface area contributed by atoms with E-state index in [4.69, 9.17) is 0 Å². The van der Waals surface area contributed by atoms with E-state index in [0.29, 0.717) is 11.4 Å². The van der Waals surface area contributed by atoms with Gasteiger partial charge in [-0.05, 0) is 25.1 Å². The Bertz CT molecular complexity index is 1380. The van der Waals surface area contributed by atoms with E-state index in [0.717, 1.165) is 14.3 Å². The summed E-state index contributed by atoms with van der Waals surface area (Å²) in [6.45, 7) is 1.67. The number of halogens is 1. The van der Waals surface area contributed by atoms with Gasteiger partial charge < -0.3 is 9.88 Å². The Morgan fingerprint density at radius 3 is 2.34 bits per heavy atom. The van der Waals surface area contributed by atoms with Gasteiger partial charge in [-0.15, -0.1) is 0 Å². The van der Waals surface area contributed by atoms with E-state index >= 15 is 0 Å². The van der Waals surface area contributed by atoms with Gasteiger partial charge in [-0.1, -0.05) is 28.1 Å². The fraction of sp³-hybridized carbons (Fsp3) is 0.263. The van der Waals surface area contributed by atoms with E-state index < -0.39 is 26.2 Å². The van der Waals surface area contributed by atoms with Crippen molar-refractivity contribution >= 4 is 31.9 Å². The molecule has 3 N–H and O–H groups in total. The molecule has 0 spiro atoms. The van der Waals surface area contributed by atoms with Gasteiger partial charge in [0.1, 0.15) is 5.69 Å². The van der Waals surface area contributed by atoms with Crippen LogP contribution in [0.15, 0.2) is 49.3 Å². The average Bonchev–Trinajstić information content (AvgIpc) is 3.23. The van der Waals surface area contributed by atoms with Crippen LogP contribution in [0, 0.1) is 6.92 Å². The molecule has 32 heavy (non-hydrogen) atoms. The standard InChI is InChI=1S/C19H19BrN6O5S/c1-11-16(17(27)22-19(29)21-11)32(30,31)26-8-6-25(7-9-26)18(28)15-10-14(23-24-15)12-2-4-13(20)5-3-12/h2-5,10H,6-9H2,1H3,(H,23,24)(H2,21,22,27,29). The Hall–Kier alpha value is -3.03. The van der Waals surface area contributed by atoms with Gasteiger partial charge in [0.15, 0.2) is 4.90 Å². The van der Waals surface area contributed by atoms with E-state index in [9.17, 15) is 22.8 Å². The molecule has 1 aliphatic heterocycles. The minimum absolute atomic E-state index is 0.0137. The van der Waals surface area contributed by atoms with Gasteiger partial charge in [0, 0.05) is 41.9 Å². The minimum Gasteiger partial charge on any atom is -0.335 e. The number of benzene rings is 1. The molecule has 2 aromatic heterocycles. The Balaban J connectivity index is 1.47. The first-order valence-electron chi connectivity index (χ1n) is 9.61. The zero-order valence-corrected chi connectivity index (χ0v) is 19.3. The number of piperazine rings is 1. The second-order valence-corrected chi connectivity index (χ2v) is 10.0. The molecule has 0 aliphatic carbocycles. The van der Waals surface area contributed by atoms with Crippen LogP contribution in [0.25, 0.3) is 11.3 Å². The summed E-state index contributed by atoms with van der Waals surface area (Å²) < 4.78 is 27.9. The van der Waals surface area contributed by atoms with Crippen LogP contribution in [-0.2, 0) is 10.0 Å². The number of aryl methyl sites for hydroxylation is 1. The fourth-order valence-corrected chi connectivity index (χ4v) is 5.42. The van der Waals surface area contributed by atoms with Crippen molar-refractivity contribution in [1.29, 1.82) is 0 Å². The van der Waals surface area contributed by atoms with Crippen molar-refractivity contribution in [3.05, 3.63) is 67.0 Å². The Morgan fingerprint density at radius 2 is 1.72 bits per heavy atom. The number of nitrogens with zero attached hydrogens (tertiary/aromatic N) is 3. The van der Waals surface area contributed by atoms with Gasteiger partial charge >= 0.3 is 5.69 Å². The topological polar surface area (TPSA) is 152 Å². The maximum atomic E-state index is 12.9. The number of hydrogen-bond donors (Lipinski definition) is 3. The van der Waals surface area contributed by atoms with Crippen molar-refractivity contribution in [2.45, 2.75) is 11.8 Å². The van der Waals surface area contributed by atoms with Crippen molar-refractivity contribution in [2.75, 3.05) is 26.2 Å². The zero-order chi connectivity index (χ0) is 23.0. The molecule has 168 valence electrons. The number of carbonyl (C=O) groups excluding carboxylic acids is 1. The molecule has 3 heterocycles. The summed E-state index contributed by atoms with van der Waals surface area (Å²) in [6.07, 6.45) is 0. The van der Waals surface area contributed by atoms with E-state index in [1.165, 1.54) is 11.8 Å². The van der Waals surface area contributed by atoms with Crippen LogP contribution in [0.3, 0.4) is 0 Å². The maximum absolute atomic E-state index is 12.9. The predicted octanol–water partition coefficient (Wildman–Crippen LogP) is 0.671. The number of rotatable bonds is 4. The fourth-order valence-electron chi connectivity index (χ4n) is 3.53. The number of carbonyl (C=O) groups is 1. The Kier molecular flexibility index (Phi) is 5.88. The third kappa shape index (κ3) is 4.18. The second-order valence-electron chi connectivity index (χ2n) is 7.23. The highest BCUT2D eigenvalue weighted by molar-refractivity contribution is 9.10. The van der Waals surface area contributed by atoms with Crippen LogP contribution in [0.5, 0.6) is 0 Å². The Labute approximate surface area is 190 Å². The summed E-state index contributed by atoms with van der Waals surface area (Å²) in [7, 11) is -4.13. The summed E-state index contributed by atoms with van der Waals surface area (Å²) in [5, 5.41) is 6.93. The first-order chi connectivity index (χ1) is 15.2. The molecule has 1 aromatic carbocycles. The van der Waals surface area contributed by atoms with Crippen LogP contribution >= 0.6 is 15.9 Å². The summed E-state index contributed by atoms with van der Waals surface area (Å²) in [6, 6.07) is 9.15. The highest BCUT2D eigenvalue weighted by Gasteiger charge is 2.34. The molecule has 3 aromatic rings. The monoisotopic (exact) mass is 522 g/mol. The molecule has 0 unspecified atom stereocenters. The van der Waals surface area contributed by atoms with E-state index in [-0.39, 0.29) is 37.8 Å². The molecule has 13 heteroatoms. The zero-order valence-electron chi connectivity index (χ0n) is 16.9. The summed E-state index contributed by atoms with van der Waals surface area (Å²) >= 11 is 3.37. The number of aromatic nitrogens is 4. The summed E-state index contributed by atoms with van der Waals surface area (Å²) in [5.74, 6) is -0.295. The number of H-pyrrole nitrogens is 3. The summed E-state index contributed by atoms with van der Waals surface area (Å²) in [5.41, 5.74) is -0.00954. The van der Waals surface area contributed by atoms with Gasteiger partial charge in [-0.2, -0.15) is 9.40 Å². The first-order valence-corrected chi connectivity index (χ1v) is 11.8. The van der Waals surface area contributed by atoms with Crippen LogP contribution < -0.4 is 11.2 Å². The second kappa shape index (κ2) is 8.48. The largest absolute Gasteiger partial charge is 0.335 e. The van der Waals surface area contributed by atoms with Crippen LogP contribution in [0.2, 0.25) is 0 Å². The van der Waals surface area contributed by atoms with Gasteiger partial charge in [-0.25, -0.2) is 13.2 Å². The normalized spacial score (nSPS) is 15.1. The lowest BCUT2D eigenvalue weighted by Gasteiger charge is -2.33. The lowest BCUT2D eigenvalue weighted by atomic mass is 10.1. The molecular weight excluding hydrogens is 504 g/mol. The van der Waals surface area contributed by atoms with E-state index in [1.54, 1.807) is 6.07 Å². The van der Waals surface area contributed by atoms with Crippen LogP contribution in [0.1, 0.15) is 16.2 Å². The van der Waals surface area contributed by atoms with E-state index in [1.807, 2.05) is 29.2 Å². The average molecular weight is 523 g/mol. The lowest BCUT2D eigenvalue weighted by Crippen LogP contribution is -2.51. The first kappa shape index (κ1) is 22.2. The smallest absolute Gasteiger partial charge is 0.325 e. The molecule has 1 fully saturated rings. The molecule has 1 saturated heterocycles. The lowest BCUT2D eigenvalue weighted by molar-refractivity contribution is 0.0692. The van der Waals surface area contributed by atoms with Gasteiger partial charge in [0.05, 0.1) is 5.69 Å². The molecular formula is C19H19BrN6O5S. The van der Waals surface area contributed by atoms with Crippen molar-refractivity contribution in [3.8, 4) is 11.3 Å². The Morgan fingerprint density at radius 1 is 1.06 bits per heavy atom. The predicted molar refractivity (Wildman–Crippen MR) is 119 cm³/mol. The van der Waals surface area contributed by atoms with Crippen LogP contribution in [0.4, 0.5) is 0 Å². The highest BCUT2D eigenvalue weighted by Crippen LogP contribution is 2.22. The molecule has 0 bridgehead atoms. The van der Waals surface area contributed by atoms with E-state index in [2.05, 4.69) is 31.1 Å². The van der Waals surface area contributed by atoms with Crippen molar-refractivity contribution in [2.24, 2.45) is 0 Å². The van der Waals surface area contributed by atoms with Gasteiger partial charge in [0.2, 0.25) is 10.0 Å². The van der Waals surface area contributed by atoms with Crippen molar-refractivity contribution in [3.63, 3.8) is 0 Å². The SMILES string of the molecule is Cc1[nH]c(=O)[nH]c(=O)c1S(=O)(=O)N1CCN(C(=O)c2cc(-c3ccc(Br)cc3)n[nH]2)CC1. The maximum Gasteiger partial charge on any atom is 0.325 e. The van der Waals surface area contributed by atoms with Crippen molar-refractivity contribution in [1.82, 2.24) is 29.4 Å². The number of nitrogens with one attached hydrogen (secondary N) is 3. The summed E-state index contributed by atoms with van der Waals surface area (Å²) in [4.78, 5) is 41.6. The van der Waals surface area contributed by atoms with Gasteiger partial charge in [-0.3, -0.25) is 19.7 Å². The third-order valence-electron chi connectivity index (χ3n) is 5.15. The number of sulfonamides is 1. The molecule has 0 atom stereocenters. The minimum atomic E-state index is -4.13. The quantitative estimate of drug-likeness (QED) is 0.457. The third-order valence-corrected chi connectivity index (χ3v) is 7.73. The number of amides is 1. The molecule has 1 amide bonds. The number of aromatic amines is 3. The molecule has 4 rings (SSSR count). The molecule has 0 radical (unpaired) electrons. The number of hydrogen-bond acceptors (Lipinski definition) is 6. The molecule has 1 aliphatic rings. The molecule has 0 saturated carbocycles. The van der Waals surface area contributed by atoms with Gasteiger partial charge in [0.25, 0.3) is 11.5 Å². The highest BCUT2D eigenvalue weighted by atomic mass is 79.9.